The van der Waals surface area contributed by atoms with Crippen LogP contribution in [0.15, 0.2) is 45.7 Å². The monoisotopic (exact) mass is 382 g/mol. The highest BCUT2D eigenvalue weighted by Crippen LogP contribution is 2.19. The molecule has 0 saturated heterocycles. The Morgan fingerprint density at radius 3 is 2.57 bits per heavy atom. The SMILES string of the molecule is COc1ccc(-c2ccc(=O)n(CCNC(=O)Cc3c(C)noc3C)n2)cc1. The van der Waals surface area contributed by atoms with Crippen LogP contribution in [0, 0.1) is 13.8 Å². The number of nitrogens with zero attached hydrogens (tertiary/aromatic N) is 3. The van der Waals surface area contributed by atoms with Crippen LogP contribution in [-0.2, 0) is 17.8 Å². The van der Waals surface area contributed by atoms with Crippen molar-refractivity contribution in [2.75, 3.05) is 13.7 Å². The van der Waals surface area contributed by atoms with Gasteiger partial charge in [-0.3, -0.25) is 9.59 Å². The lowest BCUT2D eigenvalue weighted by atomic mass is 10.1. The van der Waals surface area contributed by atoms with E-state index in [-0.39, 0.29) is 24.4 Å². The Bertz CT molecular complexity index is 1000. The van der Waals surface area contributed by atoms with E-state index in [4.69, 9.17) is 9.26 Å². The van der Waals surface area contributed by atoms with Gasteiger partial charge in [0.05, 0.1) is 31.5 Å². The molecular weight excluding hydrogens is 360 g/mol. The third-order valence-electron chi connectivity index (χ3n) is 4.42. The number of carbonyl (C=O) groups is 1. The predicted molar refractivity (Wildman–Crippen MR) is 103 cm³/mol. The summed E-state index contributed by atoms with van der Waals surface area (Å²) >= 11 is 0. The number of carbonyl (C=O) groups excluding carboxylic acids is 1. The van der Waals surface area contributed by atoms with E-state index in [9.17, 15) is 9.59 Å². The molecule has 0 fully saturated rings. The molecule has 0 bridgehead atoms. The van der Waals surface area contributed by atoms with E-state index >= 15 is 0 Å². The fourth-order valence-electron chi connectivity index (χ4n) is 2.80. The minimum Gasteiger partial charge on any atom is -0.497 e. The van der Waals surface area contributed by atoms with E-state index in [0.29, 0.717) is 23.7 Å². The lowest BCUT2D eigenvalue weighted by Gasteiger charge is -2.09. The number of nitrogens with one attached hydrogen (secondary N) is 1. The van der Waals surface area contributed by atoms with Gasteiger partial charge in [-0.2, -0.15) is 5.10 Å². The summed E-state index contributed by atoms with van der Waals surface area (Å²) in [6.07, 6.45) is 0.190. The van der Waals surface area contributed by atoms with Gasteiger partial charge < -0.3 is 14.6 Å². The Kier molecular flexibility index (Phi) is 5.88. The van der Waals surface area contributed by atoms with Crippen LogP contribution in [0.25, 0.3) is 11.3 Å². The van der Waals surface area contributed by atoms with Crippen molar-refractivity contribution in [2.24, 2.45) is 0 Å². The molecule has 1 N–H and O–H groups in total. The maximum Gasteiger partial charge on any atom is 0.266 e. The Balaban J connectivity index is 1.62. The number of aromatic nitrogens is 3. The number of amides is 1. The molecule has 0 aliphatic carbocycles. The Labute approximate surface area is 162 Å². The van der Waals surface area contributed by atoms with Gasteiger partial charge in [0.2, 0.25) is 5.91 Å². The van der Waals surface area contributed by atoms with Crippen molar-refractivity contribution in [1.29, 1.82) is 0 Å². The van der Waals surface area contributed by atoms with Crippen molar-refractivity contribution in [3.8, 4) is 17.0 Å². The molecule has 0 saturated carbocycles. The molecule has 0 aliphatic heterocycles. The van der Waals surface area contributed by atoms with Crippen LogP contribution in [0.3, 0.4) is 0 Å². The molecule has 0 radical (unpaired) electrons. The second-order valence-corrected chi connectivity index (χ2v) is 6.34. The number of hydrogen-bond donors (Lipinski definition) is 1. The molecule has 3 aromatic rings. The minimum absolute atomic E-state index is 0.159. The number of methoxy groups -OCH3 is 1. The molecule has 0 spiro atoms. The van der Waals surface area contributed by atoms with Gasteiger partial charge in [-0.05, 0) is 44.2 Å². The van der Waals surface area contributed by atoms with Crippen LogP contribution in [0.2, 0.25) is 0 Å². The second-order valence-electron chi connectivity index (χ2n) is 6.34. The summed E-state index contributed by atoms with van der Waals surface area (Å²) in [5.41, 5.74) is 2.81. The zero-order valence-corrected chi connectivity index (χ0v) is 16.1. The van der Waals surface area contributed by atoms with Crippen LogP contribution in [0.1, 0.15) is 17.0 Å². The molecule has 3 rings (SSSR count). The Morgan fingerprint density at radius 2 is 1.93 bits per heavy atom. The van der Waals surface area contributed by atoms with E-state index in [1.807, 2.05) is 24.3 Å². The highest BCUT2D eigenvalue weighted by atomic mass is 16.5. The van der Waals surface area contributed by atoms with Gasteiger partial charge in [0.25, 0.3) is 5.56 Å². The standard InChI is InChI=1S/C20H22N4O4/c1-13-17(14(2)28-23-13)12-19(25)21-10-11-24-20(26)9-8-18(22-24)15-4-6-16(27-3)7-5-15/h4-9H,10-12H2,1-3H3,(H,21,25). The van der Waals surface area contributed by atoms with E-state index in [1.54, 1.807) is 27.0 Å². The average Bonchev–Trinajstić information content (AvgIpc) is 3.01. The molecule has 1 aromatic carbocycles. The number of benzene rings is 1. The summed E-state index contributed by atoms with van der Waals surface area (Å²) in [7, 11) is 1.60. The van der Waals surface area contributed by atoms with Crippen LogP contribution in [-0.4, -0.2) is 34.5 Å². The fraction of sp³-hybridized carbons (Fsp3) is 0.300. The number of rotatable bonds is 7. The summed E-state index contributed by atoms with van der Waals surface area (Å²) in [6, 6.07) is 10.6. The molecule has 0 unspecified atom stereocenters. The van der Waals surface area contributed by atoms with Gasteiger partial charge in [-0.1, -0.05) is 5.16 Å². The number of aryl methyl sites for hydroxylation is 2. The minimum atomic E-state index is -0.225. The average molecular weight is 382 g/mol. The smallest absolute Gasteiger partial charge is 0.266 e. The maximum atomic E-state index is 12.1. The Hall–Kier alpha value is -3.42. The maximum absolute atomic E-state index is 12.1. The number of ether oxygens (including phenoxy) is 1. The van der Waals surface area contributed by atoms with Gasteiger partial charge >= 0.3 is 0 Å². The first-order chi connectivity index (χ1) is 13.5. The molecule has 2 heterocycles. The first-order valence-electron chi connectivity index (χ1n) is 8.89. The third kappa shape index (κ3) is 4.46. The summed E-state index contributed by atoms with van der Waals surface area (Å²) in [5.74, 6) is 1.23. The first kappa shape index (κ1) is 19.3. The molecule has 1 amide bonds. The lowest BCUT2D eigenvalue weighted by Crippen LogP contribution is -2.32. The third-order valence-corrected chi connectivity index (χ3v) is 4.42. The van der Waals surface area contributed by atoms with E-state index in [2.05, 4.69) is 15.6 Å². The normalized spacial score (nSPS) is 10.7. The zero-order chi connectivity index (χ0) is 20.1. The lowest BCUT2D eigenvalue weighted by molar-refractivity contribution is -0.120. The molecule has 2 aromatic heterocycles. The van der Waals surface area contributed by atoms with Crippen molar-refractivity contribution in [3.05, 3.63) is 63.8 Å². The van der Waals surface area contributed by atoms with E-state index in [1.165, 1.54) is 10.7 Å². The highest BCUT2D eigenvalue weighted by molar-refractivity contribution is 5.78. The molecule has 0 aliphatic rings. The quantitative estimate of drug-likeness (QED) is 0.670. The molecule has 8 nitrogen and oxygen atoms in total. The van der Waals surface area contributed by atoms with Gasteiger partial charge in [0, 0.05) is 23.7 Å². The fourth-order valence-corrected chi connectivity index (χ4v) is 2.80. The van der Waals surface area contributed by atoms with Crippen molar-refractivity contribution < 1.29 is 14.1 Å². The molecule has 0 atom stereocenters. The van der Waals surface area contributed by atoms with Gasteiger partial charge in [-0.25, -0.2) is 4.68 Å². The van der Waals surface area contributed by atoms with Crippen LogP contribution >= 0.6 is 0 Å². The second kappa shape index (κ2) is 8.51. The topological polar surface area (TPSA) is 99.2 Å². The predicted octanol–water partition coefficient (Wildman–Crippen LogP) is 1.88. The Morgan fingerprint density at radius 1 is 1.18 bits per heavy atom. The molecule has 28 heavy (non-hydrogen) atoms. The summed E-state index contributed by atoms with van der Waals surface area (Å²) in [5, 5.41) is 11.0. The van der Waals surface area contributed by atoms with Gasteiger partial charge in [-0.15, -0.1) is 0 Å². The van der Waals surface area contributed by atoms with Crippen molar-refractivity contribution >= 4 is 5.91 Å². The molecule has 146 valence electrons. The van der Waals surface area contributed by atoms with Crippen LogP contribution in [0.5, 0.6) is 5.75 Å². The number of hydrogen-bond acceptors (Lipinski definition) is 6. The van der Waals surface area contributed by atoms with E-state index in [0.717, 1.165) is 16.9 Å². The highest BCUT2D eigenvalue weighted by Gasteiger charge is 2.13. The zero-order valence-electron chi connectivity index (χ0n) is 16.1. The van der Waals surface area contributed by atoms with E-state index < -0.39 is 0 Å². The molecule has 8 heteroatoms. The van der Waals surface area contributed by atoms with Gasteiger partial charge in [0.15, 0.2) is 0 Å². The van der Waals surface area contributed by atoms with Crippen molar-refractivity contribution in [3.63, 3.8) is 0 Å². The van der Waals surface area contributed by atoms with Crippen LogP contribution < -0.4 is 15.6 Å². The van der Waals surface area contributed by atoms with Crippen LogP contribution in [0.4, 0.5) is 0 Å². The first-order valence-corrected chi connectivity index (χ1v) is 8.89. The summed E-state index contributed by atoms with van der Waals surface area (Å²) in [4.78, 5) is 24.2. The van der Waals surface area contributed by atoms with Crippen molar-refractivity contribution in [1.82, 2.24) is 20.3 Å². The van der Waals surface area contributed by atoms with Gasteiger partial charge in [0.1, 0.15) is 11.5 Å². The summed E-state index contributed by atoms with van der Waals surface area (Å²) < 4.78 is 11.6. The largest absolute Gasteiger partial charge is 0.497 e. The molecular formula is C20H22N4O4. The summed E-state index contributed by atoms with van der Waals surface area (Å²) in [6.45, 7) is 4.14. The van der Waals surface area contributed by atoms with Crippen molar-refractivity contribution in [2.45, 2.75) is 26.8 Å².